The van der Waals surface area contributed by atoms with Gasteiger partial charge in [-0.25, -0.2) is 0 Å². The molecule has 0 aromatic carbocycles. The Kier molecular flexibility index (Phi) is 6.35. The van der Waals surface area contributed by atoms with Crippen LogP contribution in [0.2, 0.25) is 0 Å². The van der Waals surface area contributed by atoms with Gasteiger partial charge in [0.2, 0.25) is 0 Å². The molecule has 0 saturated carbocycles. The average Bonchev–Trinajstić information content (AvgIpc) is 1.87. The van der Waals surface area contributed by atoms with Gasteiger partial charge in [-0.3, -0.25) is 0 Å². The second kappa shape index (κ2) is 6.66. The van der Waals surface area contributed by atoms with E-state index in [2.05, 4.69) is 26.8 Å². The van der Waals surface area contributed by atoms with E-state index >= 15 is 0 Å². The van der Waals surface area contributed by atoms with Crippen LogP contribution in [0.4, 0.5) is 0 Å². The van der Waals surface area contributed by atoms with Gasteiger partial charge >= 0.3 is 0 Å². The maximum absolute atomic E-state index is 5.20. The highest BCUT2D eigenvalue weighted by atomic mass is 16.5. The van der Waals surface area contributed by atoms with Crippen molar-refractivity contribution in [2.75, 3.05) is 6.61 Å². The molecule has 0 rings (SSSR count). The molecule has 0 aliphatic carbocycles. The Morgan fingerprint density at radius 1 is 1.40 bits per heavy atom. The third-order valence-electron chi connectivity index (χ3n) is 1.18. The fraction of sp³-hybridized carbons (Fsp3) is 0.778. The number of hydrogen-bond donors (Lipinski definition) is 0. The van der Waals surface area contributed by atoms with Gasteiger partial charge in [0.25, 0.3) is 0 Å². The van der Waals surface area contributed by atoms with Crippen molar-refractivity contribution in [1.82, 2.24) is 0 Å². The number of ether oxygens (including phenoxy) is 1. The molecule has 0 atom stereocenters. The molecule has 1 heteroatoms. The van der Waals surface area contributed by atoms with Gasteiger partial charge < -0.3 is 4.74 Å². The molecule has 60 valence electrons. The summed E-state index contributed by atoms with van der Waals surface area (Å²) >= 11 is 0. The first kappa shape index (κ1) is 9.54. The summed E-state index contributed by atoms with van der Waals surface area (Å²) in [7, 11) is 0. The van der Waals surface area contributed by atoms with Gasteiger partial charge in [0.15, 0.2) is 0 Å². The first-order valence-electron chi connectivity index (χ1n) is 4.05. The summed E-state index contributed by atoms with van der Waals surface area (Å²) < 4.78 is 5.20. The molecule has 0 fully saturated rings. The highest BCUT2D eigenvalue weighted by Crippen LogP contribution is 1.94. The Morgan fingerprint density at radius 2 is 2.10 bits per heavy atom. The lowest BCUT2D eigenvalue weighted by Gasteiger charge is -1.98. The molecule has 0 aromatic heterocycles. The molecule has 10 heavy (non-hydrogen) atoms. The molecule has 0 spiro atoms. The van der Waals surface area contributed by atoms with Crippen LogP contribution in [0, 0.1) is 5.92 Å². The number of allylic oxidation sites excluding steroid dienone is 1. The first-order valence-corrected chi connectivity index (χ1v) is 4.05. The van der Waals surface area contributed by atoms with Gasteiger partial charge in [0, 0.05) is 0 Å². The van der Waals surface area contributed by atoms with Crippen LogP contribution in [-0.4, -0.2) is 6.61 Å². The van der Waals surface area contributed by atoms with E-state index in [1.807, 2.05) is 0 Å². The van der Waals surface area contributed by atoms with Crippen molar-refractivity contribution < 1.29 is 4.74 Å². The van der Waals surface area contributed by atoms with Crippen molar-refractivity contribution in [3.8, 4) is 0 Å². The average molecular weight is 142 g/mol. The monoisotopic (exact) mass is 142 g/mol. The van der Waals surface area contributed by atoms with Crippen LogP contribution in [-0.2, 0) is 4.74 Å². The van der Waals surface area contributed by atoms with Crippen molar-refractivity contribution in [1.29, 1.82) is 0 Å². The minimum Gasteiger partial charge on any atom is -0.502 e. The first-order chi connectivity index (χ1) is 4.77. The van der Waals surface area contributed by atoms with Crippen LogP contribution < -0.4 is 0 Å². The predicted molar refractivity (Wildman–Crippen MR) is 44.8 cm³/mol. The van der Waals surface area contributed by atoms with Crippen molar-refractivity contribution in [2.24, 2.45) is 5.92 Å². The summed E-state index contributed by atoms with van der Waals surface area (Å²) in [6.45, 7) is 7.30. The van der Waals surface area contributed by atoms with Crippen molar-refractivity contribution in [3.05, 3.63) is 12.3 Å². The van der Waals surface area contributed by atoms with E-state index in [9.17, 15) is 0 Å². The van der Waals surface area contributed by atoms with E-state index in [0.717, 1.165) is 13.0 Å². The molecule has 0 heterocycles. The highest BCUT2D eigenvalue weighted by Gasteiger charge is 1.83. The van der Waals surface area contributed by atoms with Crippen molar-refractivity contribution in [3.63, 3.8) is 0 Å². The molecule has 0 radical (unpaired) electrons. The van der Waals surface area contributed by atoms with Gasteiger partial charge in [0.1, 0.15) is 0 Å². The molecule has 0 N–H and O–H groups in total. The third-order valence-corrected chi connectivity index (χ3v) is 1.18. The van der Waals surface area contributed by atoms with Crippen LogP contribution in [0.15, 0.2) is 12.3 Å². The quantitative estimate of drug-likeness (QED) is 0.423. The molecule has 1 nitrogen and oxygen atoms in total. The minimum absolute atomic E-state index is 0.599. The Bertz CT molecular complexity index is 84.7. The normalized spacial score (nSPS) is 11.2. The maximum atomic E-state index is 5.20. The second-order valence-electron chi connectivity index (χ2n) is 2.80. The molecule has 0 unspecified atom stereocenters. The summed E-state index contributed by atoms with van der Waals surface area (Å²) in [5, 5.41) is 0. The molecular formula is C9H18O. The predicted octanol–water partition coefficient (Wildman–Crippen LogP) is 2.97. The third kappa shape index (κ3) is 7.54. The van der Waals surface area contributed by atoms with Crippen molar-refractivity contribution in [2.45, 2.75) is 33.6 Å². The lowest BCUT2D eigenvalue weighted by molar-refractivity contribution is 0.242. The highest BCUT2D eigenvalue weighted by molar-refractivity contribution is 4.76. The van der Waals surface area contributed by atoms with Gasteiger partial charge in [-0.2, -0.15) is 0 Å². The molecular weight excluding hydrogens is 124 g/mol. The van der Waals surface area contributed by atoms with E-state index in [-0.39, 0.29) is 0 Å². The van der Waals surface area contributed by atoms with Gasteiger partial charge in [-0.15, -0.1) is 0 Å². The summed E-state index contributed by atoms with van der Waals surface area (Å²) in [5.41, 5.74) is 0. The van der Waals surface area contributed by atoms with E-state index in [1.165, 1.54) is 6.42 Å². The smallest absolute Gasteiger partial charge is 0.0873 e. The SMILES string of the molecule is CCCCOC=CC(C)C. The van der Waals surface area contributed by atoms with Gasteiger partial charge in [-0.05, 0) is 18.4 Å². The lowest BCUT2D eigenvalue weighted by Crippen LogP contribution is -1.86. The number of hydrogen-bond acceptors (Lipinski definition) is 1. The van der Waals surface area contributed by atoms with Crippen LogP contribution in [0.3, 0.4) is 0 Å². The van der Waals surface area contributed by atoms with Crippen molar-refractivity contribution >= 4 is 0 Å². The second-order valence-corrected chi connectivity index (χ2v) is 2.80. The van der Waals surface area contributed by atoms with E-state index in [0.29, 0.717) is 5.92 Å². The molecule has 0 saturated heterocycles. The molecule has 0 aromatic rings. The molecule has 0 aliphatic rings. The zero-order chi connectivity index (χ0) is 7.82. The standard InChI is InChI=1S/C9H18O/c1-4-5-7-10-8-6-9(2)3/h6,8-9H,4-5,7H2,1-3H3. The topological polar surface area (TPSA) is 9.23 Å². The largest absolute Gasteiger partial charge is 0.502 e. The Morgan fingerprint density at radius 3 is 2.60 bits per heavy atom. The minimum atomic E-state index is 0.599. The van der Waals surface area contributed by atoms with Gasteiger partial charge in [-0.1, -0.05) is 27.2 Å². The van der Waals surface area contributed by atoms with Crippen LogP contribution >= 0.6 is 0 Å². The van der Waals surface area contributed by atoms with E-state index < -0.39 is 0 Å². The Balaban J connectivity index is 3.02. The maximum Gasteiger partial charge on any atom is 0.0873 e. The summed E-state index contributed by atoms with van der Waals surface area (Å²) in [5.74, 6) is 0.599. The van der Waals surface area contributed by atoms with Gasteiger partial charge in [0.05, 0.1) is 12.9 Å². The fourth-order valence-electron chi connectivity index (χ4n) is 0.508. The van der Waals surface area contributed by atoms with Crippen LogP contribution in [0.5, 0.6) is 0 Å². The number of rotatable bonds is 5. The van der Waals surface area contributed by atoms with E-state index in [1.54, 1.807) is 6.26 Å². The zero-order valence-corrected chi connectivity index (χ0v) is 7.26. The molecule has 0 aliphatic heterocycles. The summed E-state index contributed by atoms with van der Waals surface area (Å²) in [6, 6.07) is 0. The molecule has 0 bridgehead atoms. The fourth-order valence-corrected chi connectivity index (χ4v) is 0.508. The number of unbranched alkanes of at least 4 members (excludes halogenated alkanes) is 1. The summed E-state index contributed by atoms with van der Waals surface area (Å²) in [6.07, 6.45) is 6.23. The van der Waals surface area contributed by atoms with E-state index in [4.69, 9.17) is 4.74 Å². The Hall–Kier alpha value is -0.460. The lowest BCUT2D eigenvalue weighted by atomic mass is 10.2. The summed E-state index contributed by atoms with van der Waals surface area (Å²) in [4.78, 5) is 0. The Labute approximate surface area is 64.1 Å². The molecule has 0 amide bonds. The van der Waals surface area contributed by atoms with Crippen LogP contribution in [0.1, 0.15) is 33.6 Å². The van der Waals surface area contributed by atoms with Crippen LogP contribution in [0.25, 0.3) is 0 Å². The zero-order valence-electron chi connectivity index (χ0n) is 7.26.